The maximum atomic E-state index is 12.6. The Bertz CT molecular complexity index is 1160. The molecule has 1 N–H and O–H groups in total. The Kier molecular flexibility index (Phi) is 4.62. The number of thiazole rings is 1. The highest BCUT2D eigenvalue weighted by atomic mass is 32.1. The summed E-state index contributed by atoms with van der Waals surface area (Å²) in [7, 11) is 0. The monoisotopic (exact) mass is 398 g/mol. The van der Waals surface area contributed by atoms with E-state index < -0.39 is 18.5 Å². The highest BCUT2D eigenvalue weighted by Crippen LogP contribution is 2.27. The number of anilines is 1. The number of pyridine rings is 1. The quantitative estimate of drug-likeness (QED) is 0.508. The summed E-state index contributed by atoms with van der Waals surface area (Å²) < 4.78 is 15.7. The third-order valence-corrected chi connectivity index (χ3v) is 4.69. The van der Waals surface area contributed by atoms with Gasteiger partial charge in [0.2, 0.25) is 0 Å². The first kappa shape index (κ1) is 17.9. The van der Waals surface area contributed by atoms with Crippen molar-refractivity contribution in [2.45, 2.75) is 13.8 Å². The van der Waals surface area contributed by atoms with E-state index in [1.54, 1.807) is 24.4 Å². The molecule has 0 spiro atoms. The molecule has 28 heavy (non-hydrogen) atoms. The summed E-state index contributed by atoms with van der Waals surface area (Å²) in [5.74, 6) is -0.722. The summed E-state index contributed by atoms with van der Waals surface area (Å²) in [4.78, 5) is 33.1. The van der Waals surface area contributed by atoms with Crippen molar-refractivity contribution >= 4 is 39.4 Å². The van der Waals surface area contributed by atoms with Crippen LogP contribution in [0.2, 0.25) is 0 Å². The molecule has 0 bridgehead atoms. The number of hydrogen-bond donors (Lipinski definition) is 1. The number of carbonyl (C=O) groups excluding carboxylic acids is 2. The van der Waals surface area contributed by atoms with Crippen molar-refractivity contribution in [2.75, 3.05) is 11.9 Å². The normalized spacial score (nSPS) is 10.9. The molecule has 142 valence electrons. The fraction of sp³-hybridized carbons (Fsp3) is 0.167. The zero-order valence-corrected chi connectivity index (χ0v) is 15.7. The van der Waals surface area contributed by atoms with Gasteiger partial charge in [0.05, 0.1) is 28.6 Å². The van der Waals surface area contributed by atoms with Crippen LogP contribution in [0, 0.1) is 13.8 Å². The van der Waals surface area contributed by atoms with Crippen molar-refractivity contribution in [2.24, 2.45) is 0 Å². The van der Waals surface area contributed by atoms with Crippen LogP contribution in [-0.2, 0) is 9.53 Å². The number of furan rings is 1. The number of carbonyl (C=O) groups is 2. The molecule has 0 saturated heterocycles. The number of rotatable bonds is 5. The van der Waals surface area contributed by atoms with Gasteiger partial charge in [0.25, 0.3) is 11.6 Å². The molecule has 1 amide bonds. The molecular formula is C18H14N4O5S. The van der Waals surface area contributed by atoms with Crippen LogP contribution in [0.3, 0.4) is 0 Å². The first-order valence-corrected chi connectivity index (χ1v) is 9.09. The first-order chi connectivity index (χ1) is 13.5. The maximum absolute atomic E-state index is 12.6. The van der Waals surface area contributed by atoms with E-state index in [1.807, 2.05) is 6.92 Å². The molecule has 0 aliphatic rings. The second kappa shape index (κ2) is 7.24. The Balaban J connectivity index is 1.56. The Morgan fingerprint density at radius 2 is 2.14 bits per heavy atom. The lowest BCUT2D eigenvalue weighted by Crippen LogP contribution is -2.21. The highest BCUT2D eigenvalue weighted by Gasteiger charge is 2.22. The Hall–Kier alpha value is -3.53. The molecule has 0 fully saturated rings. The summed E-state index contributed by atoms with van der Waals surface area (Å²) in [5, 5.41) is 9.11. The average Bonchev–Trinajstić information content (AvgIpc) is 3.41. The fourth-order valence-electron chi connectivity index (χ4n) is 2.58. The standard InChI is InChI=1S/C18H14N4O5S/c1-9-8-28-18(19-9)21-14(23)7-26-17(24)11-6-12(13-4-3-5-25-13)20-16-15(11)10(2)22-27-16/h3-6,8H,7H2,1-2H3,(H,19,21,23). The number of fused-ring (bicyclic) bond motifs is 1. The number of esters is 1. The predicted molar refractivity (Wildman–Crippen MR) is 100 cm³/mol. The zero-order chi connectivity index (χ0) is 19.7. The van der Waals surface area contributed by atoms with Gasteiger partial charge < -0.3 is 13.7 Å². The molecule has 4 aromatic heterocycles. The number of hydrogen-bond acceptors (Lipinski definition) is 9. The van der Waals surface area contributed by atoms with Gasteiger partial charge in [0.1, 0.15) is 5.69 Å². The molecule has 4 aromatic rings. The third kappa shape index (κ3) is 3.49. The number of aryl methyl sites for hydroxylation is 2. The maximum Gasteiger partial charge on any atom is 0.339 e. The molecule has 0 atom stereocenters. The topological polar surface area (TPSA) is 120 Å². The highest BCUT2D eigenvalue weighted by molar-refractivity contribution is 7.13. The largest absolute Gasteiger partial charge is 0.463 e. The minimum Gasteiger partial charge on any atom is -0.463 e. The third-order valence-electron chi connectivity index (χ3n) is 3.81. The first-order valence-electron chi connectivity index (χ1n) is 8.21. The van der Waals surface area contributed by atoms with Gasteiger partial charge in [-0.1, -0.05) is 5.16 Å². The summed E-state index contributed by atoms with van der Waals surface area (Å²) in [5.41, 5.74) is 2.05. The summed E-state index contributed by atoms with van der Waals surface area (Å²) in [6, 6.07) is 4.93. The molecule has 4 heterocycles. The van der Waals surface area contributed by atoms with Crippen LogP contribution in [0.15, 0.2) is 38.8 Å². The molecule has 4 rings (SSSR count). The van der Waals surface area contributed by atoms with E-state index in [0.717, 1.165) is 5.69 Å². The lowest BCUT2D eigenvalue weighted by atomic mass is 10.1. The average molecular weight is 398 g/mol. The van der Waals surface area contributed by atoms with Gasteiger partial charge in [-0.25, -0.2) is 14.8 Å². The number of ether oxygens (including phenoxy) is 1. The van der Waals surface area contributed by atoms with E-state index in [0.29, 0.717) is 27.7 Å². The summed E-state index contributed by atoms with van der Waals surface area (Å²) >= 11 is 1.29. The van der Waals surface area contributed by atoms with Crippen molar-refractivity contribution in [1.29, 1.82) is 0 Å². The van der Waals surface area contributed by atoms with E-state index in [-0.39, 0.29) is 11.3 Å². The molecule has 10 heteroatoms. The van der Waals surface area contributed by atoms with Crippen LogP contribution >= 0.6 is 11.3 Å². The minimum atomic E-state index is -0.697. The Labute approximate surface area is 162 Å². The number of nitrogens with zero attached hydrogens (tertiary/aromatic N) is 3. The van der Waals surface area contributed by atoms with Gasteiger partial charge in [-0.15, -0.1) is 11.3 Å². The second-order valence-corrected chi connectivity index (χ2v) is 6.76. The van der Waals surface area contributed by atoms with Gasteiger partial charge in [-0.3, -0.25) is 10.1 Å². The van der Waals surface area contributed by atoms with E-state index in [4.69, 9.17) is 13.7 Å². The predicted octanol–water partition coefficient (Wildman–Crippen LogP) is 3.35. The van der Waals surface area contributed by atoms with Crippen molar-refractivity contribution in [3.8, 4) is 11.5 Å². The molecule has 0 aliphatic carbocycles. The zero-order valence-electron chi connectivity index (χ0n) is 14.9. The van der Waals surface area contributed by atoms with E-state index in [2.05, 4.69) is 20.4 Å². The van der Waals surface area contributed by atoms with Crippen molar-refractivity contribution in [1.82, 2.24) is 15.1 Å². The smallest absolute Gasteiger partial charge is 0.339 e. The van der Waals surface area contributed by atoms with Gasteiger partial charge in [-0.05, 0) is 32.0 Å². The van der Waals surface area contributed by atoms with Crippen LogP contribution in [0.25, 0.3) is 22.6 Å². The van der Waals surface area contributed by atoms with Crippen molar-refractivity contribution in [3.05, 3.63) is 46.8 Å². The number of nitrogens with one attached hydrogen (secondary N) is 1. The lowest BCUT2D eigenvalue weighted by Gasteiger charge is -2.07. The van der Waals surface area contributed by atoms with Crippen LogP contribution in [0.1, 0.15) is 21.7 Å². The van der Waals surface area contributed by atoms with E-state index in [9.17, 15) is 9.59 Å². The lowest BCUT2D eigenvalue weighted by molar-refractivity contribution is -0.119. The van der Waals surface area contributed by atoms with Gasteiger partial charge >= 0.3 is 5.97 Å². The SMILES string of the molecule is Cc1csc(NC(=O)COC(=O)c2cc(-c3ccco3)nc3onc(C)c23)n1. The molecule has 9 nitrogen and oxygen atoms in total. The van der Waals surface area contributed by atoms with Crippen LogP contribution in [0.5, 0.6) is 0 Å². The van der Waals surface area contributed by atoms with Crippen molar-refractivity contribution < 1.29 is 23.3 Å². The summed E-state index contributed by atoms with van der Waals surface area (Å²) in [6.45, 7) is 3.05. The van der Waals surface area contributed by atoms with Gasteiger partial charge in [0.15, 0.2) is 17.5 Å². The molecule has 0 unspecified atom stereocenters. The van der Waals surface area contributed by atoms with E-state index in [1.165, 1.54) is 23.7 Å². The van der Waals surface area contributed by atoms with Crippen LogP contribution in [-0.4, -0.2) is 33.6 Å². The van der Waals surface area contributed by atoms with Gasteiger partial charge in [-0.2, -0.15) is 0 Å². The molecular weight excluding hydrogens is 384 g/mol. The molecule has 0 aliphatic heterocycles. The number of amides is 1. The second-order valence-electron chi connectivity index (χ2n) is 5.90. The summed E-state index contributed by atoms with van der Waals surface area (Å²) in [6.07, 6.45) is 1.50. The fourth-order valence-corrected chi connectivity index (χ4v) is 3.29. The molecule has 0 radical (unpaired) electrons. The van der Waals surface area contributed by atoms with Gasteiger partial charge in [0, 0.05) is 5.38 Å². The molecule has 0 aromatic carbocycles. The molecule has 0 saturated carbocycles. The Morgan fingerprint density at radius 1 is 1.29 bits per heavy atom. The minimum absolute atomic E-state index is 0.182. The van der Waals surface area contributed by atoms with Crippen molar-refractivity contribution in [3.63, 3.8) is 0 Å². The van der Waals surface area contributed by atoms with Crippen LogP contribution < -0.4 is 5.32 Å². The van der Waals surface area contributed by atoms with Crippen LogP contribution in [0.4, 0.5) is 5.13 Å². The van der Waals surface area contributed by atoms with E-state index >= 15 is 0 Å². The Morgan fingerprint density at radius 3 is 2.86 bits per heavy atom. The number of aromatic nitrogens is 3.